The topological polar surface area (TPSA) is 55.3 Å². The third-order valence-electron chi connectivity index (χ3n) is 4.08. The molecule has 1 aromatic carbocycles. The Kier molecular flexibility index (Phi) is 6.60. The summed E-state index contributed by atoms with van der Waals surface area (Å²) in [5.41, 5.74) is 3.62. The summed E-state index contributed by atoms with van der Waals surface area (Å²) < 4.78 is 7.71. The van der Waals surface area contributed by atoms with Crippen LogP contribution >= 0.6 is 0 Å². The first-order valence-corrected chi connectivity index (χ1v) is 9.85. The molecule has 2 aromatic rings. The average Bonchev–Trinajstić information content (AvgIpc) is 2.92. The van der Waals surface area contributed by atoms with Gasteiger partial charge in [0, 0.05) is 36.6 Å². The van der Waals surface area contributed by atoms with Gasteiger partial charge >= 0.3 is 0 Å². The van der Waals surface area contributed by atoms with Gasteiger partial charge in [-0.3, -0.25) is 4.79 Å². The Labute approximate surface area is 169 Å². The molecule has 0 bridgehead atoms. The Hall–Kier alpha value is -2.27. The molecule has 1 unspecified atom stereocenters. The summed E-state index contributed by atoms with van der Waals surface area (Å²) in [5.74, 6) is -0.0934. The lowest BCUT2D eigenvalue weighted by atomic mass is 10.1. The monoisotopic (exact) mass is 385 g/mol. The van der Waals surface area contributed by atoms with E-state index in [1.807, 2.05) is 51.6 Å². The molecule has 0 aliphatic heterocycles. The van der Waals surface area contributed by atoms with E-state index in [-0.39, 0.29) is 23.2 Å². The van der Waals surface area contributed by atoms with Gasteiger partial charge in [-0.15, -0.1) is 0 Å². The highest BCUT2D eigenvalue weighted by Crippen LogP contribution is 2.25. The maximum Gasteiger partial charge on any atom is 0.268 e. The van der Waals surface area contributed by atoms with Gasteiger partial charge < -0.3 is 19.9 Å². The Morgan fingerprint density at radius 1 is 1.07 bits per heavy atom. The SMILES string of the molecule is CC(CNC(=O)c1cc(-c2ccc(NC(C)(C)C)cc2)cn1C)OC(C)(C)C. The first-order valence-electron chi connectivity index (χ1n) is 9.85. The Bertz CT molecular complexity index is 793. The van der Waals surface area contributed by atoms with Gasteiger partial charge in [-0.1, -0.05) is 12.1 Å². The molecule has 5 nitrogen and oxygen atoms in total. The Balaban J connectivity index is 2.05. The van der Waals surface area contributed by atoms with E-state index in [4.69, 9.17) is 4.74 Å². The number of hydrogen-bond donors (Lipinski definition) is 2. The van der Waals surface area contributed by atoms with E-state index in [0.717, 1.165) is 16.8 Å². The van der Waals surface area contributed by atoms with E-state index < -0.39 is 0 Å². The van der Waals surface area contributed by atoms with Crippen molar-refractivity contribution in [2.24, 2.45) is 7.05 Å². The number of ether oxygens (including phenoxy) is 1. The average molecular weight is 386 g/mol. The first-order chi connectivity index (χ1) is 12.8. The van der Waals surface area contributed by atoms with Crippen molar-refractivity contribution in [2.75, 3.05) is 11.9 Å². The minimum Gasteiger partial charge on any atom is -0.380 e. The molecule has 2 rings (SSSR count). The van der Waals surface area contributed by atoms with Crippen LogP contribution in [0.4, 0.5) is 5.69 Å². The molecule has 1 atom stereocenters. The standard InChI is InChI=1S/C23H35N3O2/c1-16(28-23(5,6)7)14-24-21(27)20-13-18(15-26(20)8)17-9-11-19(12-10-17)25-22(2,3)4/h9-13,15-16,25H,14H2,1-8H3,(H,24,27). The van der Waals surface area contributed by atoms with E-state index in [0.29, 0.717) is 12.2 Å². The van der Waals surface area contributed by atoms with Crippen LogP contribution in [0.2, 0.25) is 0 Å². The molecule has 0 radical (unpaired) electrons. The van der Waals surface area contributed by atoms with E-state index in [9.17, 15) is 4.79 Å². The number of carbonyl (C=O) groups excluding carboxylic acids is 1. The fraction of sp³-hybridized carbons (Fsp3) is 0.522. The van der Waals surface area contributed by atoms with Crippen molar-refractivity contribution in [3.63, 3.8) is 0 Å². The zero-order valence-corrected chi connectivity index (χ0v) is 18.5. The van der Waals surface area contributed by atoms with Crippen LogP contribution in [0.5, 0.6) is 0 Å². The molecule has 5 heteroatoms. The van der Waals surface area contributed by atoms with Crippen LogP contribution in [0.3, 0.4) is 0 Å². The molecule has 1 aromatic heterocycles. The van der Waals surface area contributed by atoms with Gasteiger partial charge in [0.25, 0.3) is 5.91 Å². The summed E-state index contributed by atoms with van der Waals surface area (Å²) in [5, 5.41) is 6.42. The molecule has 0 fully saturated rings. The number of carbonyl (C=O) groups is 1. The van der Waals surface area contributed by atoms with Crippen molar-refractivity contribution in [1.29, 1.82) is 0 Å². The van der Waals surface area contributed by atoms with Crippen LogP contribution in [0.1, 0.15) is 59.0 Å². The number of nitrogens with one attached hydrogen (secondary N) is 2. The number of nitrogens with zero attached hydrogens (tertiary/aromatic N) is 1. The van der Waals surface area contributed by atoms with Crippen LogP contribution in [-0.4, -0.2) is 34.3 Å². The third-order valence-corrected chi connectivity index (χ3v) is 4.08. The number of aromatic nitrogens is 1. The number of aryl methyl sites for hydroxylation is 1. The second-order valence-corrected chi connectivity index (χ2v) is 9.43. The van der Waals surface area contributed by atoms with Crippen LogP contribution in [0, 0.1) is 0 Å². The lowest BCUT2D eigenvalue weighted by Crippen LogP contribution is -2.36. The van der Waals surface area contributed by atoms with Crippen molar-refractivity contribution in [3.8, 4) is 11.1 Å². The lowest BCUT2D eigenvalue weighted by Gasteiger charge is -2.25. The van der Waals surface area contributed by atoms with Gasteiger partial charge in [0.05, 0.1) is 11.7 Å². The fourth-order valence-corrected chi connectivity index (χ4v) is 3.10. The highest BCUT2D eigenvalue weighted by Gasteiger charge is 2.18. The quantitative estimate of drug-likeness (QED) is 0.748. The summed E-state index contributed by atoms with van der Waals surface area (Å²) in [6, 6.07) is 10.2. The summed E-state index contributed by atoms with van der Waals surface area (Å²) in [4.78, 5) is 12.6. The zero-order valence-electron chi connectivity index (χ0n) is 18.5. The summed E-state index contributed by atoms with van der Waals surface area (Å²) in [7, 11) is 1.89. The normalized spacial score (nSPS) is 13.3. The molecule has 0 saturated carbocycles. The first kappa shape index (κ1) is 22.0. The maximum atomic E-state index is 12.6. The molecule has 1 heterocycles. The largest absolute Gasteiger partial charge is 0.380 e. The van der Waals surface area contributed by atoms with Crippen LogP contribution in [0.15, 0.2) is 36.5 Å². The van der Waals surface area contributed by atoms with Gasteiger partial charge in [0.1, 0.15) is 5.69 Å². The Morgan fingerprint density at radius 3 is 2.21 bits per heavy atom. The van der Waals surface area contributed by atoms with E-state index in [1.165, 1.54) is 0 Å². The van der Waals surface area contributed by atoms with Gasteiger partial charge in [-0.25, -0.2) is 0 Å². The molecular formula is C23H35N3O2. The second-order valence-electron chi connectivity index (χ2n) is 9.43. The number of amides is 1. The van der Waals surface area contributed by atoms with Gasteiger partial charge in [-0.2, -0.15) is 0 Å². The molecule has 0 spiro atoms. The summed E-state index contributed by atoms with van der Waals surface area (Å²) >= 11 is 0. The van der Waals surface area contributed by atoms with Crippen molar-refractivity contribution in [2.45, 2.75) is 65.7 Å². The molecule has 0 saturated heterocycles. The fourth-order valence-electron chi connectivity index (χ4n) is 3.10. The number of anilines is 1. The molecule has 0 aliphatic carbocycles. The predicted octanol–water partition coefficient (Wildman–Crippen LogP) is 4.84. The van der Waals surface area contributed by atoms with Gasteiger partial charge in [0.2, 0.25) is 0 Å². The van der Waals surface area contributed by atoms with Crippen LogP contribution in [0.25, 0.3) is 11.1 Å². The summed E-state index contributed by atoms with van der Waals surface area (Å²) in [6.07, 6.45) is 1.93. The predicted molar refractivity (Wildman–Crippen MR) is 117 cm³/mol. The van der Waals surface area contributed by atoms with Crippen molar-refractivity contribution >= 4 is 11.6 Å². The van der Waals surface area contributed by atoms with Crippen LogP contribution in [-0.2, 0) is 11.8 Å². The third kappa shape index (κ3) is 6.71. The van der Waals surface area contributed by atoms with E-state index >= 15 is 0 Å². The molecular weight excluding hydrogens is 350 g/mol. The van der Waals surface area contributed by atoms with Crippen molar-refractivity contribution < 1.29 is 9.53 Å². The molecule has 2 N–H and O–H groups in total. The smallest absolute Gasteiger partial charge is 0.268 e. The molecule has 154 valence electrons. The maximum absolute atomic E-state index is 12.6. The van der Waals surface area contributed by atoms with Crippen molar-refractivity contribution in [3.05, 3.63) is 42.2 Å². The van der Waals surface area contributed by atoms with Gasteiger partial charge in [-0.05, 0) is 72.2 Å². The van der Waals surface area contributed by atoms with E-state index in [1.54, 1.807) is 0 Å². The number of hydrogen-bond acceptors (Lipinski definition) is 3. The highest BCUT2D eigenvalue weighted by molar-refractivity contribution is 5.94. The zero-order chi connectivity index (χ0) is 21.1. The van der Waals surface area contributed by atoms with Gasteiger partial charge in [0.15, 0.2) is 0 Å². The molecule has 0 aliphatic rings. The molecule has 1 amide bonds. The number of rotatable bonds is 6. The van der Waals surface area contributed by atoms with E-state index in [2.05, 4.69) is 55.7 Å². The Morgan fingerprint density at radius 2 is 1.68 bits per heavy atom. The minimum atomic E-state index is -0.226. The second kappa shape index (κ2) is 8.39. The van der Waals surface area contributed by atoms with Crippen LogP contribution < -0.4 is 10.6 Å². The highest BCUT2D eigenvalue weighted by atomic mass is 16.5. The minimum absolute atomic E-state index is 0.0212. The molecule has 28 heavy (non-hydrogen) atoms. The lowest BCUT2D eigenvalue weighted by molar-refractivity contribution is -0.0492. The summed E-state index contributed by atoms with van der Waals surface area (Å²) in [6.45, 7) is 14.9. The number of benzene rings is 1. The van der Waals surface area contributed by atoms with Crippen molar-refractivity contribution in [1.82, 2.24) is 9.88 Å².